The minimum atomic E-state index is 0.894. The van der Waals surface area contributed by atoms with E-state index in [1.807, 2.05) is 19.1 Å². The van der Waals surface area contributed by atoms with Gasteiger partial charge in [-0.25, -0.2) is 0 Å². The largest absolute Gasteiger partial charge is 0.398 e. The van der Waals surface area contributed by atoms with Crippen LogP contribution in [0.15, 0.2) is 44.8 Å². The van der Waals surface area contributed by atoms with Crippen molar-refractivity contribution in [3.05, 3.63) is 41.3 Å². The lowest BCUT2D eigenvalue weighted by Gasteiger charge is -2.05. The Morgan fingerprint density at radius 1 is 1.21 bits per heavy atom. The molecule has 0 fully saturated rings. The van der Waals surface area contributed by atoms with Gasteiger partial charge in [0.05, 0.1) is 4.21 Å². The maximum atomic E-state index is 5.98. The summed E-state index contributed by atoms with van der Waals surface area (Å²) in [4.78, 5) is 1.15. The zero-order chi connectivity index (χ0) is 9.97. The van der Waals surface area contributed by atoms with Crippen LogP contribution in [0.2, 0.25) is 0 Å². The first-order chi connectivity index (χ1) is 6.77. The SMILES string of the molecule is Cc1cccc(Sc2cccs2)c1N. The Morgan fingerprint density at radius 3 is 2.79 bits per heavy atom. The number of hydrogen-bond donors (Lipinski definition) is 1. The summed E-state index contributed by atoms with van der Waals surface area (Å²) in [5.74, 6) is 0. The van der Waals surface area contributed by atoms with Crippen LogP contribution in [-0.2, 0) is 0 Å². The molecule has 2 N–H and O–H groups in total. The third-order valence-corrected chi connectivity index (χ3v) is 4.10. The van der Waals surface area contributed by atoms with Gasteiger partial charge in [0.25, 0.3) is 0 Å². The van der Waals surface area contributed by atoms with Gasteiger partial charge in [-0.2, -0.15) is 0 Å². The highest BCUT2D eigenvalue weighted by molar-refractivity contribution is 8.01. The minimum Gasteiger partial charge on any atom is -0.398 e. The fourth-order valence-electron chi connectivity index (χ4n) is 1.17. The molecule has 0 radical (unpaired) electrons. The van der Waals surface area contributed by atoms with Crippen LogP contribution in [0.4, 0.5) is 5.69 Å². The summed E-state index contributed by atoms with van der Waals surface area (Å²) in [6.45, 7) is 2.04. The third kappa shape index (κ3) is 1.94. The molecule has 0 saturated heterocycles. The molecule has 3 heteroatoms. The zero-order valence-corrected chi connectivity index (χ0v) is 9.49. The van der Waals surface area contributed by atoms with Crippen LogP contribution >= 0.6 is 23.1 Å². The predicted molar refractivity (Wildman–Crippen MR) is 64.0 cm³/mol. The lowest BCUT2D eigenvalue weighted by atomic mass is 10.2. The van der Waals surface area contributed by atoms with Gasteiger partial charge in [-0.15, -0.1) is 11.3 Å². The molecule has 72 valence electrons. The zero-order valence-electron chi connectivity index (χ0n) is 7.86. The van der Waals surface area contributed by atoms with Crippen LogP contribution in [0.25, 0.3) is 0 Å². The topological polar surface area (TPSA) is 26.0 Å². The van der Waals surface area contributed by atoms with Crippen molar-refractivity contribution >= 4 is 28.8 Å². The molecule has 2 aromatic rings. The Bertz CT molecular complexity index is 421. The highest BCUT2D eigenvalue weighted by atomic mass is 32.2. The van der Waals surface area contributed by atoms with E-state index >= 15 is 0 Å². The molecule has 0 aliphatic rings. The van der Waals surface area contributed by atoms with Crippen LogP contribution in [0.1, 0.15) is 5.56 Å². The number of thiophene rings is 1. The average Bonchev–Trinajstić information content (AvgIpc) is 2.66. The number of para-hydroxylation sites is 1. The summed E-state index contributed by atoms with van der Waals surface area (Å²) in [5, 5.41) is 2.08. The second-order valence-corrected chi connectivity index (χ2v) is 5.31. The van der Waals surface area contributed by atoms with E-state index in [0.29, 0.717) is 0 Å². The Labute approximate surface area is 92.0 Å². The third-order valence-electron chi connectivity index (χ3n) is 1.99. The Hall–Kier alpha value is -0.930. The van der Waals surface area contributed by atoms with Crippen LogP contribution in [-0.4, -0.2) is 0 Å². The van der Waals surface area contributed by atoms with Crippen molar-refractivity contribution in [3.63, 3.8) is 0 Å². The van der Waals surface area contributed by atoms with E-state index in [2.05, 4.69) is 23.6 Å². The summed E-state index contributed by atoms with van der Waals surface area (Å²) in [6, 6.07) is 10.3. The highest BCUT2D eigenvalue weighted by Crippen LogP contribution is 2.35. The molecular weight excluding hydrogens is 210 g/mol. The monoisotopic (exact) mass is 221 g/mol. The summed E-state index contributed by atoms with van der Waals surface area (Å²) in [7, 11) is 0. The van der Waals surface area contributed by atoms with E-state index < -0.39 is 0 Å². The molecule has 0 unspecified atom stereocenters. The molecule has 0 aliphatic carbocycles. The van der Waals surface area contributed by atoms with E-state index in [1.54, 1.807) is 23.1 Å². The minimum absolute atomic E-state index is 0.894. The number of rotatable bonds is 2. The van der Waals surface area contributed by atoms with Crippen molar-refractivity contribution in [2.75, 3.05) is 5.73 Å². The molecule has 1 aromatic carbocycles. The van der Waals surface area contributed by atoms with Gasteiger partial charge in [0.1, 0.15) is 0 Å². The van der Waals surface area contributed by atoms with E-state index in [4.69, 9.17) is 5.73 Å². The summed E-state index contributed by atoms with van der Waals surface area (Å²) in [5.41, 5.74) is 8.02. The Balaban J connectivity index is 2.29. The molecule has 0 saturated carbocycles. The molecule has 0 atom stereocenters. The molecule has 1 aromatic heterocycles. The van der Waals surface area contributed by atoms with E-state index in [0.717, 1.165) is 16.1 Å². The molecule has 0 amide bonds. The number of anilines is 1. The van der Waals surface area contributed by atoms with Gasteiger partial charge in [0, 0.05) is 10.6 Å². The van der Waals surface area contributed by atoms with E-state index in [9.17, 15) is 0 Å². The van der Waals surface area contributed by atoms with Crippen molar-refractivity contribution in [1.82, 2.24) is 0 Å². The molecular formula is C11H11NS2. The van der Waals surface area contributed by atoms with E-state index in [1.165, 1.54) is 4.21 Å². The smallest absolute Gasteiger partial charge is 0.0647 e. The number of aryl methyl sites for hydroxylation is 1. The molecule has 0 spiro atoms. The van der Waals surface area contributed by atoms with Crippen LogP contribution < -0.4 is 5.73 Å². The number of benzene rings is 1. The van der Waals surface area contributed by atoms with Gasteiger partial charge in [0.15, 0.2) is 0 Å². The lowest BCUT2D eigenvalue weighted by molar-refractivity contribution is 1.36. The second-order valence-electron chi connectivity index (χ2n) is 3.02. The maximum Gasteiger partial charge on any atom is 0.0647 e. The fraction of sp³-hybridized carbons (Fsp3) is 0.0909. The number of hydrogen-bond acceptors (Lipinski definition) is 3. The summed E-state index contributed by atoms with van der Waals surface area (Å²) in [6.07, 6.45) is 0. The molecule has 1 nitrogen and oxygen atoms in total. The van der Waals surface area contributed by atoms with Crippen molar-refractivity contribution in [2.24, 2.45) is 0 Å². The fourth-order valence-corrected chi connectivity index (χ4v) is 3.03. The van der Waals surface area contributed by atoms with Gasteiger partial charge in [-0.3, -0.25) is 0 Å². The van der Waals surface area contributed by atoms with Crippen LogP contribution in [0.5, 0.6) is 0 Å². The van der Waals surface area contributed by atoms with Crippen molar-refractivity contribution < 1.29 is 0 Å². The molecule has 0 bridgehead atoms. The highest BCUT2D eigenvalue weighted by Gasteiger charge is 2.03. The maximum absolute atomic E-state index is 5.98. The summed E-state index contributed by atoms with van der Waals surface area (Å²) < 4.78 is 1.28. The van der Waals surface area contributed by atoms with Crippen LogP contribution in [0, 0.1) is 6.92 Å². The predicted octanol–water partition coefficient (Wildman–Crippen LogP) is 3.79. The summed E-state index contributed by atoms with van der Waals surface area (Å²) >= 11 is 3.47. The average molecular weight is 221 g/mol. The first kappa shape index (κ1) is 9.62. The number of nitrogens with two attached hydrogens (primary N) is 1. The molecule has 2 rings (SSSR count). The molecule has 1 heterocycles. The normalized spacial score (nSPS) is 10.4. The van der Waals surface area contributed by atoms with E-state index in [-0.39, 0.29) is 0 Å². The second kappa shape index (κ2) is 4.07. The van der Waals surface area contributed by atoms with Gasteiger partial charge < -0.3 is 5.73 Å². The van der Waals surface area contributed by atoms with Gasteiger partial charge in [-0.05, 0) is 30.0 Å². The van der Waals surface area contributed by atoms with Gasteiger partial charge >= 0.3 is 0 Å². The van der Waals surface area contributed by atoms with Gasteiger partial charge in [0.2, 0.25) is 0 Å². The Kier molecular flexibility index (Phi) is 2.79. The standard InChI is InChI=1S/C11H11NS2/c1-8-4-2-5-9(11(8)12)14-10-6-3-7-13-10/h2-7H,12H2,1H3. The van der Waals surface area contributed by atoms with Crippen molar-refractivity contribution in [3.8, 4) is 0 Å². The molecule has 0 aliphatic heterocycles. The van der Waals surface area contributed by atoms with Crippen LogP contribution in [0.3, 0.4) is 0 Å². The molecule has 14 heavy (non-hydrogen) atoms. The van der Waals surface area contributed by atoms with Crippen molar-refractivity contribution in [2.45, 2.75) is 16.0 Å². The first-order valence-electron chi connectivity index (χ1n) is 4.34. The number of nitrogen functional groups attached to an aromatic ring is 1. The lowest BCUT2D eigenvalue weighted by Crippen LogP contribution is -1.91. The quantitative estimate of drug-likeness (QED) is 0.781. The van der Waals surface area contributed by atoms with Crippen molar-refractivity contribution in [1.29, 1.82) is 0 Å². The van der Waals surface area contributed by atoms with Gasteiger partial charge in [-0.1, -0.05) is 30.0 Å². The first-order valence-corrected chi connectivity index (χ1v) is 6.03. The Morgan fingerprint density at radius 2 is 2.07 bits per heavy atom.